The van der Waals surface area contributed by atoms with Gasteiger partial charge in [-0.15, -0.1) is 0 Å². The number of hydrogen-bond acceptors (Lipinski definition) is 3. The molecule has 16 heavy (non-hydrogen) atoms. The van der Waals surface area contributed by atoms with Crippen LogP contribution in [0.15, 0.2) is 36.8 Å². The summed E-state index contributed by atoms with van der Waals surface area (Å²) >= 11 is 5.66. The average Bonchev–Trinajstić information content (AvgIpc) is 2.32. The highest BCUT2D eigenvalue weighted by atomic mass is 35.5. The Kier molecular flexibility index (Phi) is 3.31. The molecule has 2 rings (SSSR count). The van der Waals surface area contributed by atoms with E-state index in [-0.39, 0.29) is 5.02 Å². The van der Waals surface area contributed by atoms with Crippen LogP contribution in [0.5, 0.6) is 0 Å². The van der Waals surface area contributed by atoms with E-state index in [1.54, 1.807) is 30.7 Å². The van der Waals surface area contributed by atoms with Crippen molar-refractivity contribution in [1.29, 1.82) is 0 Å². The first-order valence-electron chi connectivity index (χ1n) is 4.69. The third-order valence-corrected chi connectivity index (χ3v) is 2.31. The van der Waals surface area contributed by atoms with Crippen LogP contribution < -0.4 is 5.32 Å². The van der Waals surface area contributed by atoms with Gasteiger partial charge in [-0.3, -0.25) is 4.98 Å². The molecule has 0 spiro atoms. The van der Waals surface area contributed by atoms with Crippen LogP contribution in [-0.2, 0) is 6.54 Å². The molecule has 0 aliphatic heterocycles. The number of anilines is 1. The third kappa shape index (κ3) is 2.67. The van der Waals surface area contributed by atoms with Crippen molar-refractivity contribution in [3.05, 3.63) is 53.2 Å². The van der Waals surface area contributed by atoms with Crippen LogP contribution in [0.3, 0.4) is 0 Å². The molecular weight excluding hydrogens is 229 g/mol. The second-order valence-corrected chi connectivity index (χ2v) is 3.60. The smallest absolute Gasteiger partial charge is 0.144 e. The van der Waals surface area contributed by atoms with E-state index < -0.39 is 5.82 Å². The summed E-state index contributed by atoms with van der Waals surface area (Å²) < 4.78 is 12.9. The van der Waals surface area contributed by atoms with Crippen molar-refractivity contribution in [2.75, 3.05) is 5.32 Å². The average molecular weight is 238 g/mol. The summed E-state index contributed by atoms with van der Waals surface area (Å²) in [5, 5.41) is 3.18. The SMILES string of the molecule is Fc1ccc(CNc2cnccn2)cc1Cl. The molecule has 0 unspecified atom stereocenters. The van der Waals surface area contributed by atoms with Crippen LogP contribution in [0.1, 0.15) is 5.56 Å². The van der Waals surface area contributed by atoms with Crippen molar-refractivity contribution in [2.45, 2.75) is 6.54 Å². The van der Waals surface area contributed by atoms with Crippen LogP contribution in [-0.4, -0.2) is 9.97 Å². The zero-order valence-corrected chi connectivity index (χ0v) is 9.08. The van der Waals surface area contributed by atoms with E-state index >= 15 is 0 Å². The highest BCUT2D eigenvalue weighted by molar-refractivity contribution is 6.30. The van der Waals surface area contributed by atoms with Crippen molar-refractivity contribution in [3.63, 3.8) is 0 Å². The normalized spacial score (nSPS) is 10.1. The lowest BCUT2D eigenvalue weighted by molar-refractivity contribution is 0.627. The minimum atomic E-state index is -0.412. The van der Waals surface area contributed by atoms with E-state index in [1.807, 2.05) is 0 Å². The Morgan fingerprint density at radius 2 is 2.19 bits per heavy atom. The molecule has 0 aliphatic carbocycles. The lowest BCUT2D eigenvalue weighted by Crippen LogP contribution is -2.01. The topological polar surface area (TPSA) is 37.8 Å². The Morgan fingerprint density at radius 1 is 1.31 bits per heavy atom. The molecule has 3 nitrogen and oxygen atoms in total. The summed E-state index contributed by atoms with van der Waals surface area (Å²) in [7, 11) is 0. The van der Waals surface area contributed by atoms with Crippen molar-refractivity contribution in [1.82, 2.24) is 9.97 Å². The molecule has 0 atom stereocenters. The zero-order chi connectivity index (χ0) is 11.4. The van der Waals surface area contributed by atoms with Gasteiger partial charge in [0.2, 0.25) is 0 Å². The number of benzene rings is 1. The minimum absolute atomic E-state index is 0.124. The van der Waals surface area contributed by atoms with Gasteiger partial charge in [-0.25, -0.2) is 9.37 Å². The number of nitrogens with one attached hydrogen (secondary N) is 1. The summed E-state index contributed by atoms with van der Waals surface area (Å²) in [5.41, 5.74) is 0.886. The molecule has 0 saturated carbocycles. The number of rotatable bonds is 3. The van der Waals surface area contributed by atoms with E-state index in [4.69, 9.17) is 11.6 Å². The Bertz CT molecular complexity index is 476. The maximum Gasteiger partial charge on any atom is 0.144 e. The van der Waals surface area contributed by atoms with E-state index in [0.29, 0.717) is 12.4 Å². The Labute approximate surface area is 97.3 Å². The Morgan fingerprint density at radius 3 is 2.88 bits per heavy atom. The summed E-state index contributed by atoms with van der Waals surface area (Å²) in [5.74, 6) is 0.257. The predicted octanol–water partition coefficient (Wildman–Crippen LogP) is 2.88. The number of hydrogen-bond donors (Lipinski definition) is 1. The maximum atomic E-state index is 12.9. The van der Waals surface area contributed by atoms with E-state index in [1.165, 1.54) is 6.07 Å². The van der Waals surface area contributed by atoms with Gasteiger partial charge in [0.1, 0.15) is 11.6 Å². The lowest BCUT2D eigenvalue weighted by atomic mass is 10.2. The molecule has 0 bridgehead atoms. The fraction of sp³-hybridized carbons (Fsp3) is 0.0909. The van der Waals surface area contributed by atoms with Gasteiger partial charge in [-0.2, -0.15) is 0 Å². The van der Waals surface area contributed by atoms with Crippen LogP contribution in [0.4, 0.5) is 10.2 Å². The van der Waals surface area contributed by atoms with Crippen molar-refractivity contribution in [3.8, 4) is 0 Å². The summed E-state index contributed by atoms with van der Waals surface area (Å²) in [4.78, 5) is 7.97. The van der Waals surface area contributed by atoms with E-state index in [2.05, 4.69) is 15.3 Å². The molecule has 82 valence electrons. The molecule has 1 aromatic carbocycles. The minimum Gasteiger partial charge on any atom is -0.365 e. The van der Waals surface area contributed by atoms with Crippen LogP contribution in [0.25, 0.3) is 0 Å². The van der Waals surface area contributed by atoms with Gasteiger partial charge in [0.05, 0.1) is 11.2 Å². The molecule has 2 aromatic rings. The third-order valence-electron chi connectivity index (χ3n) is 2.02. The molecular formula is C11H9ClFN3. The van der Waals surface area contributed by atoms with Gasteiger partial charge in [0.25, 0.3) is 0 Å². The second-order valence-electron chi connectivity index (χ2n) is 3.19. The molecule has 0 amide bonds. The molecule has 1 aromatic heterocycles. The molecule has 1 heterocycles. The fourth-order valence-electron chi connectivity index (χ4n) is 1.23. The summed E-state index contributed by atoms with van der Waals surface area (Å²) in [6, 6.07) is 4.60. The van der Waals surface area contributed by atoms with E-state index in [9.17, 15) is 4.39 Å². The molecule has 0 saturated heterocycles. The Hall–Kier alpha value is -1.68. The van der Waals surface area contributed by atoms with Gasteiger partial charge in [-0.05, 0) is 17.7 Å². The predicted molar refractivity (Wildman–Crippen MR) is 60.8 cm³/mol. The summed E-state index contributed by atoms with van der Waals surface area (Å²) in [6.45, 7) is 0.526. The molecule has 0 radical (unpaired) electrons. The first kappa shape index (κ1) is 10.8. The molecule has 0 aliphatic rings. The van der Waals surface area contributed by atoms with Crippen molar-refractivity contribution >= 4 is 17.4 Å². The highest BCUT2D eigenvalue weighted by Gasteiger charge is 2.00. The van der Waals surface area contributed by atoms with Crippen LogP contribution >= 0.6 is 11.6 Å². The highest BCUT2D eigenvalue weighted by Crippen LogP contribution is 2.16. The number of nitrogens with zero attached hydrogens (tertiary/aromatic N) is 2. The standard InChI is InChI=1S/C11H9ClFN3/c12-9-5-8(1-2-10(9)13)6-16-11-7-14-3-4-15-11/h1-5,7H,6H2,(H,15,16). The zero-order valence-electron chi connectivity index (χ0n) is 8.32. The first-order chi connectivity index (χ1) is 7.75. The molecule has 0 fully saturated rings. The quantitative estimate of drug-likeness (QED) is 0.892. The van der Waals surface area contributed by atoms with Gasteiger partial charge in [0, 0.05) is 18.9 Å². The van der Waals surface area contributed by atoms with Crippen molar-refractivity contribution < 1.29 is 4.39 Å². The van der Waals surface area contributed by atoms with Gasteiger partial charge >= 0.3 is 0 Å². The van der Waals surface area contributed by atoms with Gasteiger partial charge in [0.15, 0.2) is 0 Å². The van der Waals surface area contributed by atoms with E-state index in [0.717, 1.165) is 5.56 Å². The number of aromatic nitrogens is 2. The van der Waals surface area contributed by atoms with Gasteiger partial charge in [-0.1, -0.05) is 17.7 Å². The fourth-order valence-corrected chi connectivity index (χ4v) is 1.44. The van der Waals surface area contributed by atoms with Crippen LogP contribution in [0, 0.1) is 5.82 Å². The number of halogens is 2. The maximum absolute atomic E-state index is 12.9. The molecule has 5 heteroatoms. The van der Waals surface area contributed by atoms with Gasteiger partial charge < -0.3 is 5.32 Å². The largest absolute Gasteiger partial charge is 0.365 e. The Balaban J connectivity index is 2.03. The monoisotopic (exact) mass is 237 g/mol. The van der Waals surface area contributed by atoms with Crippen LogP contribution in [0.2, 0.25) is 5.02 Å². The second kappa shape index (κ2) is 4.90. The summed E-state index contributed by atoms with van der Waals surface area (Å²) in [6.07, 6.45) is 4.81. The lowest BCUT2D eigenvalue weighted by Gasteiger charge is -2.05. The molecule has 1 N–H and O–H groups in total. The first-order valence-corrected chi connectivity index (χ1v) is 5.07. The van der Waals surface area contributed by atoms with Crippen molar-refractivity contribution in [2.24, 2.45) is 0 Å².